The van der Waals surface area contributed by atoms with Crippen LogP contribution in [0.4, 0.5) is 0 Å². The van der Waals surface area contributed by atoms with Crippen LogP contribution in [0.25, 0.3) is 5.69 Å². The number of halogens is 1. The molecule has 0 unspecified atom stereocenters. The highest BCUT2D eigenvalue weighted by molar-refractivity contribution is 9.10. The van der Waals surface area contributed by atoms with Crippen LogP contribution < -0.4 is 4.74 Å². The molecule has 2 aromatic carbocycles. The topological polar surface area (TPSA) is 27.1 Å². The summed E-state index contributed by atoms with van der Waals surface area (Å²) in [6.07, 6.45) is 3.65. The van der Waals surface area contributed by atoms with Crippen molar-refractivity contribution in [2.24, 2.45) is 0 Å². The van der Waals surface area contributed by atoms with Crippen LogP contribution >= 0.6 is 15.9 Å². The molecule has 0 saturated heterocycles. The Bertz CT molecular complexity index is 680. The van der Waals surface area contributed by atoms with E-state index in [9.17, 15) is 0 Å². The van der Waals surface area contributed by atoms with E-state index in [0.29, 0.717) is 0 Å². The van der Waals surface area contributed by atoms with E-state index in [4.69, 9.17) is 4.74 Å². The van der Waals surface area contributed by atoms with Crippen molar-refractivity contribution < 1.29 is 4.74 Å². The molecular weight excluding hydrogens is 304 g/mol. The molecule has 0 atom stereocenters. The lowest BCUT2D eigenvalue weighted by atomic mass is 10.3. The Balaban J connectivity index is 1.88. The molecule has 3 rings (SSSR count). The fourth-order valence-corrected chi connectivity index (χ4v) is 2.16. The second-order valence-corrected chi connectivity index (χ2v) is 4.92. The molecule has 1 aromatic heterocycles. The van der Waals surface area contributed by atoms with Crippen LogP contribution in [0.2, 0.25) is 0 Å². The van der Waals surface area contributed by atoms with Gasteiger partial charge in [-0.25, -0.2) is 4.68 Å². The molecule has 0 saturated carbocycles. The maximum absolute atomic E-state index is 5.83. The largest absolute Gasteiger partial charge is 0.457 e. The molecule has 0 aliphatic heterocycles. The molecule has 0 N–H and O–H groups in total. The van der Waals surface area contributed by atoms with Crippen LogP contribution in [-0.2, 0) is 0 Å². The van der Waals surface area contributed by atoms with Crippen molar-refractivity contribution in [3.05, 3.63) is 71.5 Å². The van der Waals surface area contributed by atoms with Crippen LogP contribution in [0.15, 0.2) is 71.5 Å². The Morgan fingerprint density at radius 3 is 2.47 bits per heavy atom. The van der Waals surface area contributed by atoms with Gasteiger partial charge in [-0.05, 0) is 36.4 Å². The van der Waals surface area contributed by atoms with Crippen molar-refractivity contribution in [2.75, 3.05) is 0 Å². The van der Waals surface area contributed by atoms with Crippen molar-refractivity contribution in [3.8, 4) is 17.2 Å². The van der Waals surface area contributed by atoms with Crippen molar-refractivity contribution in [3.63, 3.8) is 0 Å². The van der Waals surface area contributed by atoms with Gasteiger partial charge in [0, 0.05) is 22.9 Å². The summed E-state index contributed by atoms with van der Waals surface area (Å²) < 4.78 is 8.62. The first-order valence-electron chi connectivity index (χ1n) is 5.85. The maximum Gasteiger partial charge on any atom is 0.129 e. The zero-order valence-electron chi connectivity index (χ0n) is 10.0. The molecule has 19 heavy (non-hydrogen) atoms. The third kappa shape index (κ3) is 2.85. The van der Waals surface area contributed by atoms with E-state index in [2.05, 4.69) is 21.0 Å². The lowest BCUT2D eigenvalue weighted by Gasteiger charge is -2.08. The number of aromatic nitrogens is 2. The first-order chi connectivity index (χ1) is 9.31. The summed E-state index contributed by atoms with van der Waals surface area (Å²) >= 11 is 3.43. The van der Waals surface area contributed by atoms with E-state index in [0.717, 1.165) is 21.7 Å². The van der Waals surface area contributed by atoms with Gasteiger partial charge in [-0.2, -0.15) is 5.10 Å². The predicted molar refractivity (Wildman–Crippen MR) is 77.8 cm³/mol. The van der Waals surface area contributed by atoms with Gasteiger partial charge in [0.25, 0.3) is 0 Å². The summed E-state index contributed by atoms with van der Waals surface area (Å²) in [5, 5.41) is 4.20. The molecule has 3 nitrogen and oxygen atoms in total. The number of rotatable bonds is 3. The fourth-order valence-electron chi connectivity index (χ4n) is 1.78. The summed E-state index contributed by atoms with van der Waals surface area (Å²) in [6.45, 7) is 0. The normalized spacial score (nSPS) is 10.4. The van der Waals surface area contributed by atoms with E-state index in [1.165, 1.54) is 0 Å². The van der Waals surface area contributed by atoms with Gasteiger partial charge in [-0.15, -0.1) is 0 Å². The van der Waals surface area contributed by atoms with E-state index in [1.807, 2.05) is 60.8 Å². The summed E-state index contributed by atoms with van der Waals surface area (Å²) in [6, 6.07) is 17.5. The van der Waals surface area contributed by atoms with E-state index < -0.39 is 0 Å². The number of hydrogen-bond acceptors (Lipinski definition) is 2. The second-order valence-electron chi connectivity index (χ2n) is 4.01. The highest BCUT2D eigenvalue weighted by atomic mass is 79.9. The number of nitrogens with zero attached hydrogens (tertiary/aromatic N) is 2. The fraction of sp³-hybridized carbons (Fsp3) is 0. The van der Waals surface area contributed by atoms with Crippen molar-refractivity contribution in [1.82, 2.24) is 9.78 Å². The predicted octanol–water partition coefficient (Wildman–Crippen LogP) is 4.43. The zero-order valence-corrected chi connectivity index (χ0v) is 11.6. The summed E-state index contributed by atoms with van der Waals surface area (Å²) in [5.74, 6) is 1.58. The third-order valence-corrected chi connectivity index (χ3v) is 3.11. The lowest BCUT2D eigenvalue weighted by Crippen LogP contribution is -1.94. The molecule has 0 aliphatic rings. The summed E-state index contributed by atoms with van der Waals surface area (Å²) in [4.78, 5) is 0. The monoisotopic (exact) mass is 314 g/mol. The molecule has 94 valence electrons. The Morgan fingerprint density at radius 2 is 1.74 bits per heavy atom. The quantitative estimate of drug-likeness (QED) is 0.715. The maximum atomic E-state index is 5.83. The standard InChI is InChI=1S/C15H11BrN2O/c16-12-4-1-6-14(10-12)19-15-7-2-5-13(11-15)18-9-3-8-17-18/h1-11H. The molecular formula is C15H11BrN2O. The van der Waals surface area contributed by atoms with Gasteiger partial charge in [0.2, 0.25) is 0 Å². The molecule has 0 fully saturated rings. The minimum Gasteiger partial charge on any atom is -0.457 e. The lowest BCUT2D eigenvalue weighted by molar-refractivity contribution is 0.482. The van der Waals surface area contributed by atoms with Gasteiger partial charge in [-0.3, -0.25) is 0 Å². The van der Waals surface area contributed by atoms with E-state index in [-0.39, 0.29) is 0 Å². The van der Waals surface area contributed by atoms with Gasteiger partial charge < -0.3 is 4.74 Å². The van der Waals surface area contributed by atoms with Gasteiger partial charge in [-0.1, -0.05) is 28.1 Å². The van der Waals surface area contributed by atoms with Gasteiger partial charge in [0.15, 0.2) is 0 Å². The molecule has 3 aromatic rings. The first kappa shape index (κ1) is 12.0. The van der Waals surface area contributed by atoms with Crippen LogP contribution in [0.3, 0.4) is 0 Å². The Hall–Kier alpha value is -2.07. The third-order valence-electron chi connectivity index (χ3n) is 2.62. The van der Waals surface area contributed by atoms with Crippen LogP contribution in [0, 0.1) is 0 Å². The molecule has 0 aliphatic carbocycles. The highest BCUT2D eigenvalue weighted by Gasteiger charge is 2.01. The number of hydrogen-bond donors (Lipinski definition) is 0. The Kier molecular flexibility index (Phi) is 3.33. The van der Waals surface area contributed by atoms with Gasteiger partial charge in [0.05, 0.1) is 5.69 Å². The van der Waals surface area contributed by atoms with Crippen molar-refractivity contribution in [1.29, 1.82) is 0 Å². The Morgan fingerprint density at radius 1 is 0.947 bits per heavy atom. The molecule has 0 radical (unpaired) electrons. The van der Waals surface area contributed by atoms with Crippen LogP contribution in [0.1, 0.15) is 0 Å². The van der Waals surface area contributed by atoms with Crippen molar-refractivity contribution >= 4 is 15.9 Å². The average molecular weight is 315 g/mol. The van der Waals surface area contributed by atoms with Gasteiger partial charge in [0.1, 0.15) is 11.5 Å². The van der Waals surface area contributed by atoms with Crippen molar-refractivity contribution in [2.45, 2.75) is 0 Å². The van der Waals surface area contributed by atoms with Gasteiger partial charge >= 0.3 is 0 Å². The smallest absolute Gasteiger partial charge is 0.129 e. The second kappa shape index (κ2) is 5.28. The van der Waals surface area contributed by atoms with E-state index in [1.54, 1.807) is 10.9 Å². The van der Waals surface area contributed by atoms with Crippen LogP contribution in [-0.4, -0.2) is 9.78 Å². The minimum absolute atomic E-state index is 0.783. The molecule has 0 spiro atoms. The molecule has 0 amide bonds. The number of ether oxygens (including phenoxy) is 1. The average Bonchev–Trinajstić information content (AvgIpc) is 2.93. The SMILES string of the molecule is Brc1cccc(Oc2cccc(-n3cccn3)c2)c1. The summed E-state index contributed by atoms with van der Waals surface area (Å²) in [7, 11) is 0. The first-order valence-corrected chi connectivity index (χ1v) is 6.64. The number of benzene rings is 2. The highest BCUT2D eigenvalue weighted by Crippen LogP contribution is 2.25. The van der Waals surface area contributed by atoms with Crippen LogP contribution in [0.5, 0.6) is 11.5 Å². The van der Waals surface area contributed by atoms with E-state index >= 15 is 0 Å². The summed E-state index contributed by atoms with van der Waals surface area (Å²) in [5.41, 5.74) is 0.970. The molecule has 4 heteroatoms. The zero-order chi connectivity index (χ0) is 13.1. The minimum atomic E-state index is 0.783. The molecule has 0 bridgehead atoms. The Labute approximate surface area is 119 Å². The molecule has 1 heterocycles.